The zero-order valence-corrected chi connectivity index (χ0v) is 11.3. The van der Waals surface area contributed by atoms with Crippen LogP contribution in [0.4, 0.5) is 0 Å². The Kier molecular flexibility index (Phi) is 2.94. The molecule has 1 aromatic rings. The number of nitrogens with zero attached hydrogens (tertiary/aromatic N) is 1. The van der Waals surface area contributed by atoms with E-state index in [4.69, 9.17) is 11.6 Å². The standard InChI is InChI=1S/C14H18ClN3/c1-10-8-16-13(18-10)17-9-14(5-6-14)11-3-2-4-12(15)7-11/h2-4,7,10H,5-6,8-9H2,1H3,(H2,16,17,18). The van der Waals surface area contributed by atoms with Crippen molar-refractivity contribution in [1.82, 2.24) is 10.6 Å². The first-order chi connectivity index (χ1) is 8.68. The van der Waals surface area contributed by atoms with Crippen molar-refractivity contribution in [3.05, 3.63) is 34.9 Å². The van der Waals surface area contributed by atoms with E-state index >= 15 is 0 Å². The molecule has 1 atom stereocenters. The first kappa shape index (κ1) is 11.8. The third-order valence-electron chi connectivity index (χ3n) is 3.79. The van der Waals surface area contributed by atoms with Gasteiger partial charge in [-0.2, -0.15) is 0 Å². The van der Waals surface area contributed by atoms with Gasteiger partial charge in [-0.15, -0.1) is 0 Å². The second-order valence-corrected chi connectivity index (χ2v) is 5.82. The molecule has 96 valence electrons. The highest BCUT2D eigenvalue weighted by Gasteiger charge is 2.44. The zero-order valence-electron chi connectivity index (χ0n) is 10.5. The lowest BCUT2D eigenvalue weighted by atomic mass is 9.96. The van der Waals surface area contributed by atoms with Crippen LogP contribution in [0.5, 0.6) is 0 Å². The average Bonchev–Trinajstić information content (AvgIpc) is 3.04. The molecule has 18 heavy (non-hydrogen) atoms. The van der Waals surface area contributed by atoms with Gasteiger partial charge in [0, 0.05) is 23.0 Å². The monoisotopic (exact) mass is 263 g/mol. The first-order valence-corrected chi connectivity index (χ1v) is 6.87. The van der Waals surface area contributed by atoms with Crippen LogP contribution in [0, 0.1) is 0 Å². The van der Waals surface area contributed by atoms with E-state index in [0.717, 1.165) is 24.1 Å². The van der Waals surface area contributed by atoms with E-state index in [0.29, 0.717) is 6.04 Å². The second-order valence-electron chi connectivity index (χ2n) is 5.38. The summed E-state index contributed by atoms with van der Waals surface area (Å²) in [5.74, 6) is 0.941. The highest BCUT2D eigenvalue weighted by atomic mass is 35.5. The van der Waals surface area contributed by atoms with E-state index in [1.807, 2.05) is 12.1 Å². The van der Waals surface area contributed by atoms with Crippen LogP contribution in [0.25, 0.3) is 0 Å². The summed E-state index contributed by atoms with van der Waals surface area (Å²) in [6, 6.07) is 8.67. The maximum Gasteiger partial charge on any atom is 0.191 e. The van der Waals surface area contributed by atoms with E-state index in [1.165, 1.54) is 18.4 Å². The molecule has 0 aromatic heterocycles. The summed E-state index contributed by atoms with van der Waals surface area (Å²) in [5, 5.41) is 7.58. The predicted molar refractivity (Wildman–Crippen MR) is 75.3 cm³/mol. The molecule has 1 aliphatic heterocycles. The molecular weight excluding hydrogens is 246 g/mol. The average molecular weight is 264 g/mol. The molecule has 1 unspecified atom stereocenters. The zero-order chi connectivity index (χ0) is 12.6. The second kappa shape index (κ2) is 4.47. The molecule has 1 heterocycles. The van der Waals surface area contributed by atoms with Crippen LogP contribution in [0.15, 0.2) is 29.3 Å². The van der Waals surface area contributed by atoms with Crippen LogP contribution in [0.3, 0.4) is 0 Å². The Balaban J connectivity index is 1.65. The van der Waals surface area contributed by atoms with Gasteiger partial charge in [0.25, 0.3) is 0 Å². The van der Waals surface area contributed by atoms with Gasteiger partial charge in [0.05, 0.1) is 6.54 Å². The van der Waals surface area contributed by atoms with Gasteiger partial charge in [0.2, 0.25) is 0 Å². The van der Waals surface area contributed by atoms with Gasteiger partial charge < -0.3 is 10.6 Å². The minimum Gasteiger partial charge on any atom is -0.356 e. The van der Waals surface area contributed by atoms with Gasteiger partial charge in [-0.05, 0) is 37.5 Å². The number of halogens is 1. The highest BCUT2D eigenvalue weighted by Crippen LogP contribution is 2.48. The quantitative estimate of drug-likeness (QED) is 0.878. The van der Waals surface area contributed by atoms with Gasteiger partial charge in [-0.1, -0.05) is 23.7 Å². The Morgan fingerprint density at radius 3 is 2.94 bits per heavy atom. The van der Waals surface area contributed by atoms with Crippen molar-refractivity contribution in [2.75, 3.05) is 13.1 Å². The van der Waals surface area contributed by atoms with E-state index in [1.54, 1.807) is 0 Å². The minimum absolute atomic E-state index is 0.265. The van der Waals surface area contributed by atoms with Crippen molar-refractivity contribution in [2.24, 2.45) is 4.99 Å². The number of aliphatic imine (C=N–C) groups is 1. The van der Waals surface area contributed by atoms with Crippen LogP contribution < -0.4 is 10.6 Å². The number of nitrogens with one attached hydrogen (secondary N) is 2. The normalized spacial score (nSPS) is 24.3. The van der Waals surface area contributed by atoms with Crippen molar-refractivity contribution >= 4 is 17.6 Å². The number of benzene rings is 1. The lowest BCUT2D eigenvalue weighted by molar-refractivity contribution is 0.644. The van der Waals surface area contributed by atoms with Crippen LogP contribution in [-0.4, -0.2) is 25.1 Å². The van der Waals surface area contributed by atoms with E-state index in [2.05, 4.69) is 34.7 Å². The molecule has 0 saturated heterocycles. The fourth-order valence-electron chi connectivity index (χ4n) is 2.45. The first-order valence-electron chi connectivity index (χ1n) is 6.49. The smallest absolute Gasteiger partial charge is 0.191 e. The molecule has 0 radical (unpaired) electrons. The summed E-state index contributed by atoms with van der Waals surface area (Å²) in [7, 11) is 0. The van der Waals surface area contributed by atoms with Crippen LogP contribution in [0.2, 0.25) is 5.02 Å². The number of hydrogen-bond donors (Lipinski definition) is 2. The molecular formula is C14H18ClN3. The molecule has 2 aliphatic rings. The lowest BCUT2D eigenvalue weighted by Crippen LogP contribution is -2.41. The summed E-state index contributed by atoms with van der Waals surface area (Å²) in [6.07, 6.45) is 2.45. The fourth-order valence-corrected chi connectivity index (χ4v) is 2.64. The summed E-state index contributed by atoms with van der Waals surface area (Å²) >= 11 is 6.07. The van der Waals surface area contributed by atoms with E-state index in [9.17, 15) is 0 Å². The van der Waals surface area contributed by atoms with E-state index < -0.39 is 0 Å². The molecule has 1 aliphatic carbocycles. The molecule has 1 fully saturated rings. The molecule has 2 N–H and O–H groups in total. The minimum atomic E-state index is 0.265. The van der Waals surface area contributed by atoms with Crippen LogP contribution >= 0.6 is 11.6 Å². The van der Waals surface area contributed by atoms with Crippen molar-refractivity contribution < 1.29 is 0 Å². The molecule has 1 saturated carbocycles. The molecule has 3 nitrogen and oxygen atoms in total. The summed E-state index contributed by atoms with van der Waals surface area (Å²) in [5.41, 5.74) is 1.61. The SMILES string of the molecule is CC1CN=C(NCC2(c3cccc(Cl)c3)CC2)N1. The third-order valence-corrected chi connectivity index (χ3v) is 4.03. The predicted octanol–water partition coefficient (Wildman–Crippen LogP) is 2.31. The Bertz CT molecular complexity index is 480. The van der Waals surface area contributed by atoms with Gasteiger partial charge >= 0.3 is 0 Å². The number of rotatable bonds is 3. The Labute approximate surface area is 113 Å². The Hall–Kier alpha value is -1.22. The lowest BCUT2D eigenvalue weighted by Gasteiger charge is -2.18. The van der Waals surface area contributed by atoms with Crippen molar-refractivity contribution in [2.45, 2.75) is 31.2 Å². The molecule has 0 spiro atoms. The Morgan fingerprint density at radius 1 is 1.50 bits per heavy atom. The molecule has 3 rings (SSSR count). The summed E-state index contributed by atoms with van der Waals surface area (Å²) < 4.78 is 0. The van der Waals surface area contributed by atoms with Crippen LogP contribution in [-0.2, 0) is 5.41 Å². The van der Waals surface area contributed by atoms with Crippen molar-refractivity contribution in [3.8, 4) is 0 Å². The maximum atomic E-state index is 6.07. The summed E-state index contributed by atoms with van der Waals surface area (Å²) in [4.78, 5) is 4.43. The van der Waals surface area contributed by atoms with Crippen molar-refractivity contribution in [3.63, 3.8) is 0 Å². The molecule has 1 aromatic carbocycles. The number of guanidine groups is 1. The van der Waals surface area contributed by atoms with Gasteiger partial charge in [-0.3, -0.25) is 4.99 Å². The van der Waals surface area contributed by atoms with Gasteiger partial charge in [0.1, 0.15) is 0 Å². The maximum absolute atomic E-state index is 6.07. The summed E-state index contributed by atoms with van der Waals surface area (Å²) in [6.45, 7) is 3.94. The Morgan fingerprint density at radius 2 is 2.33 bits per heavy atom. The largest absolute Gasteiger partial charge is 0.356 e. The molecule has 0 amide bonds. The van der Waals surface area contributed by atoms with Crippen LogP contribution in [0.1, 0.15) is 25.3 Å². The highest BCUT2D eigenvalue weighted by molar-refractivity contribution is 6.30. The molecule has 4 heteroatoms. The number of hydrogen-bond acceptors (Lipinski definition) is 3. The van der Waals surface area contributed by atoms with Gasteiger partial charge in [0.15, 0.2) is 5.96 Å². The van der Waals surface area contributed by atoms with E-state index in [-0.39, 0.29) is 5.41 Å². The topological polar surface area (TPSA) is 36.4 Å². The molecule has 0 bridgehead atoms. The third kappa shape index (κ3) is 2.32. The van der Waals surface area contributed by atoms with Crippen molar-refractivity contribution in [1.29, 1.82) is 0 Å². The fraction of sp³-hybridized carbons (Fsp3) is 0.500. The van der Waals surface area contributed by atoms with Gasteiger partial charge in [-0.25, -0.2) is 0 Å².